The number of para-hydroxylation sites is 1. The van der Waals surface area contributed by atoms with Crippen LogP contribution in [-0.4, -0.2) is 77.7 Å². The maximum atomic E-state index is 13.1. The van der Waals surface area contributed by atoms with Gasteiger partial charge in [0.15, 0.2) is 0 Å². The molecule has 3 heterocycles. The van der Waals surface area contributed by atoms with Gasteiger partial charge in [-0.2, -0.15) is 0 Å². The molecule has 0 spiro atoms. The summed E-state index contributed by atoms with van der Waals surface area (Å²) in [6.45, 7) is 3.21. The number of rotatable bonds is 5. The smallest absolute Gasteiger partial charge is 0.264 e. The largest absolute Gasteiger partial charge is 0.338 e. The van der Waals surface area contributed by atoms with Crippen molar-refractivity contribution in [2.45, 2.75) is 18.9 Å². The van der Waals surface area contributed by atoms with E-state index >= 15 is 0 Å². The van der Waals surface area contributed by atoms with Crippen molar-refractivity contribution in [2.24, 2.45) is 0 Å². The second-order valence-electron chi connectivity index (χ2n) is 7.76. The minimum atomic E-state index is -0.385. The van der Waals surface area contributed by atoms with E-state index in [-0.39, 0.29) is 30.3 Å². The van der Waals surface area contributed by atoms with Crippen LogP contribution < -0.4 is 5.32 Å². The highest BCUT2D eigenvalue weighted by molar-refractivity contribution is 7.12. The fourth-order valence-corrected chi connectivity index (χ4v) is 4.96. The molecule has 164 valence electrons. The number of hydrogen-bond donors (Lipinski definition) is 1. The van der Waals surface area contributed by atoms with Crippen LogP contribution in [-0.2, 0) is 9.59 Å². The van der Waals surface area contributed by atoms with E-state index in [0.717, 1.165) is 6.42 Å². The molecule has 1 N–H and O–H groups in total. The Kier molecular flexibility index (Phi) is 6.89. The van der Waals surface area contributed by atoms with Gasteiger partial charge in [0.25, 0.3) is 5.91 Å². The summed E-state index contributed by atoms with van der Waals surface area (Å²) in [6.07, 6.45) is 1.55. The summed E-state index contributed by atoms with van der Waals surface area (Å²) >= 11 is 7.50. The maximum absolute atomic E-state index is 13.1. The zero-order chi connectivity index (χ0) is 21.8. The Bertz CT molecular complexity index is 944. The molecule has 0 radical (unpaired) electrons. The van der Waals surface area contributed by atoms with E-state index in [1.54, 1.807) is 23.1 Å². The average Bonchev–Trinajstić information content (AvgIpc) is 3.47. The molecular weight excluding hydrogens is 436 g/mol. The van der Waals surface area contributed by atoms with E-state index in [2.05, 4.69) is 5.32 Å². The van der Waals surface area contributed by atoms with Gasteiger partial charge in [0.1, 0.15) is 6.04 Å². The summed E-state index contributed by atoms with van der Waals surface area (Å²) in [5.41, 5.74) is 0.597. The Morgan fingerprint density at radius 1 is 1.03 bits per heavy atom. The van der Waals surface area contributed by atoms with Gasteiger partial charge in [-0.3, -0.25) is 19.3 Å². The van der Waals surface area contributed by atoms with Crippen LogP contribution in [0.15, 0.2) is 41.8 Å². The maximum Gasteiger partial charge on any atom is 0.264 e. The van der Waals surface area contributed by atoms with Crippen LogP contribution >= 0.6 is 22.9 Å². The number of piperazine rings is 1. The van der Waals surface area contributed by atoms with Crippen LogP contribution in [0.5, 0.6) is 0 Å². The van der Waals surface area contributed by atoms with Gasteiger partial charge in [0.2, 0.25) is 11.8 Å². The van der Waals surface area contributed by atoms with Crippen LogP contribution in [0, 0.1) is 0 Å². The topological polar surface area (TPSA) is 73.0 Å². The van der Waals surface area contributed by atoms with Crippen molar-refractivity contribution in [1.82, 2.24) is 14.7 Å². The Morgan fingerprint density at radius 3 is 2.52 bits per heavy atom. The Labute approximate surface area is 190 Å². The minimum absolute atomic E-state index is 0.0163. The first-order valence-corrected chi connectivity index (χ1v) is 11.7. The van der Waals surface area contributed by atoms with Crippen LogP contribution in [0.3, 0.4) is 0 Å². The molecule has 0 unspecified atom stereocenters. The first-order chi connectivity index (χ1) is 15.0. The number of halogens is 1. The number of amides is 3. The molecule has 0 saturated carbocycles. The molecular formula is C22H25ClN4O3S. The third-order valence-electron chi connectivity index (χ3n) is 5.73. The van der Waals surface area contributed by atoms with E-state index in [0.29, 0.717) is 54.7 Å². The second-order valence-corrected chi connectivity index (χ2v) is 9.12. The van der Waals surface area contributed by atoms with E-state index in [4.69, 9.17) is 11.6 Å². The van der Waals surface area contributed by atoms with Crippen molar-refractivity contribution in [3.8, 4) is 0 Å². The first kappa shape index (κ1) is 21.8. The zero-order valence-corrected chi connectivity index (χ0v) is 18.7. The number of carbonyl (C=O) groups excluding carboxylic acids is 3. The minimum Gasteiger partial charge on any atom is -0.338 e. The summed E-state index contributed by atoms with van der Waals surface area (Å²) in [4.78, 5) is 44.5. The SMILES string of the molecule is O=C(CN1CCN(C(=O)[C@@H]2CCCN2C(=O)c2cccs2)CC1)Nc1ccccc1Cl. The second kappa shape index (κ2) is 9.80. The molecule has 2 aliphatic rings. The molecule has 3 amide bonds. The van der Waals surface area contributed by atoms with Crippen molar-refractivity contribution in [3.63, 3.8) is 0 Å². The van der Waals surface area contributed by atoms with E-state index in [9.17, 15) is 14.4 Å². The molecule has 0 bridgehead atoms. The van der Waals surface area contributed by atoms with Gasteiger partial charge in [0.05, 0.1) is 22.1 Å². The molecule has 2 saturated heterocycles. The summed E-state index contributed by atoms with van der Waals surface area (Å²) < 4.78 is 0. The summed E-state index contributed by atoms with van der Waals surface area (Å²) in [5.74, 6) is -0.167. The lowest BCUT2D eigenvalue weighted by molar-refractivity contribution is -0.137. The van der Waals surface area contributed by atoms with Gasteiger partial charge in [0, 0.05) is 32.7 Å². The Morgan fingerprint density at radius 2 is 1.81 bits per heavy atom. The van der Waals surface area contributed by atoms with E-state index < -0.39 is 0 Å². The molecule has 1 aromatic heterocycles. The lowest BCUT2D eigenvalue weighted by Crippen LogP contribution is -2.55. The number of nitrogens with zero attached hydrogens (tertiary/aromatic N) is 3. The monoisotopic (exact) mass is 460 g/mol. The first-order valence-electron chi connectivity index (χ1n) is 10.4. The molecule has 0 aliphatic carbocycles. The van der Waals surface area contributed by atoms with E-state index in [1.165, 1.54) is 11.3 Å². The highest BCUT2D eigenvalue weighted by Gasteiger charge is 2.38. The molecule has 1 atom stereocenters. The fourth-order valence-electron chi connectivity index (χ4n) is 4.10. The fraction of sp³-hybridized carbons (Fsp3) is 0.409. The number of hydrogen-bond acceptors (Lipinski definition) is 5. The van der Waals surface area contributed by atoms with Crippen LogP contribution in [0.4, 0.5) is 5.69 Å². The molecule has 31 heavy (non-hydrogen) atoms. The molecule has 2 fully saturated rings. The number of anilines is 1. The normalized spacial score (nSPS) is 19.5. The van der Waals surface area contributed by atoms with Gasteiger partial charge < -0.3 is 15.1 Å². The van der Waals surface area contributed by atoms with Crippen molar-refractivity contribution < 1.29 is 14.4 Å². The van der Waals surface area contributed by atoms with Crippen LogP contribution in [0.25, 0.3) is 0 Å². The van der Waals surface area contributed by atoms with Gasteiger partial charge >= 0.3 is 0 Å². The average molecular weight is 461 g/mol. The molecule has 1 aromatic carbocycles. The standard InChI is InChI=1S/C22H25ClN4O3S/c23-16-5-1-2-6-17(16)24-20(28)15-25-10-12-26(13-11-25)21(29)18-7-3-9-27(18)22(30)19-8-4-14-31-19/h1-2,4-6,8,14,18H,3,7,9-13,15H2,(H,24,28)/t18-/m0/s1. The molecule has 9 heteroatoms. The van der Waals surface area contributed by atoms with Gasteiger partial charge in [-0.05, 0) is 36.4 Å². The van der Waals surface area contributed by atoms with Crippen molar-refractivity contribution in [2.75, 3.05) is 44.6 Å². The summed E-state index contributed by atoms with van der Waals surface area (Å²) in [7, 11) is 0. The molecule has 7 nitrogen and oxygen atoms in total. The number of nitrogens with one attached hydrogen (secondary N) is 1. The third kappa shape index (κ3) is 5.08. The van der Waals surface area contributed by atoms with Crippen molar-refractivity contribution in [3.05, 3.63) is 51.7 Å². The number of benzene rings is 1. The summed E-state index contributed by atoms with van der Waals surface area (Å²) in [5, 5.41) is 5.21. The Hall–Kier alpha value is -2.42. The molecule has 4 rings (SSSR count). The lowest BCUT2D eigenvalue weighted by Gasteiger charge is -2.37. The van der Waals surface area contributed by atoms with Crippen LogP contribution in [0.2, 0.25) is 5.02 Å². The number of likely N-dealkylation sites (tertiary alicyclic amines) is 1. The highest BCUT2D eigenvalue weighted by atomic mass is 35.5. The van der Waals surface area contributed by atoms with Crippen molar-refractivity contribution in [1.29, 1.82) is 0 Å². The lowest BCUT2D eigenvalue weighted by atomic mass is 10.1. The predicted molar refractivity (Wildman–Crippen MR) is 121 cm³/mol. The van der Waals surface area contributed by atoms with Crippen molar-refractivity contribution >= 4 is 46.3 Å². The number of thiophene rings is 1. The van der Waals surface area contributed by atoms with Gasteiger partial charge in [-0.1, -0.05) is 29.8 Å². The predicted octanol–water partition coefficient (Wildman–Crippen LogP) is 2.79. The van der Waals surface area contributed by atoms with Gasteiger partial charge in [-0.15, -0.1) is 11.3 Å². The zero-order valence-electron chi connectivity index (χ0n) is 17.1. The Balaban J connectivity index is 1.28. The highest BCUT2D eigenvalue weighted by Crippen LogP contribution is 2.24. The van der Waals surface area contributed by atoms with Gasteiger partial charge in [-0.25, -0.2) is 0 Å². The quantitative estimate of drug-likeness (QED) is 0.744. The molecule has 2 aliphatic heterocycles. The van der Waals surface area contributed by atoms with E-state index in [1.807, 2.05) is 33.4 Å². The van der Waals surface area contributed by atoms with Crippen LogP contribution in [0.1, 0.15) is 22.5 Å². The molecule has 2 aromatic rings. The third-order valence-corrected chi connectivity index (χ3v) is 6.92. The summed E-state index contributed by atoms with van der Waals surface area (Å²) in [6, 6.07) is 10.4. The number of carbonyl (C=O) groups is 3.